The highest BCUT2D eigenvalue weighted by atomic mass is 13.9. The molecule has 0 N–H and O–H groups in total. The van der Waals surface area contributed by atoms with E-state index in [1.807, 2.05) is 0 Å². The summed E-state index contributed by atoms with van der Waals surface area (Å²) in [6, 6.07) is 0. The maximum atomic E-state index is 3.85. The second kappa shape index (κ2) is 21.4. The number of allylic oxidation sites excluding steroid dienone is 12. The third-order valence-electron chi connectivity index (χ3n) is 3.47. The van der Waals surface area contributed by atoms with E-state index in [2.05, 4.69) is 86.8 Å². The lowest BCUT2D eigenvalue weighted by Gasteiger charge is -1.90. The smallest absolute Gasteiger partial charge is 0.0169 e. The predicted molar refractivity (Wildman–Crippen MR) is 112 cm³/mol. The fraction of sp³-hybridized carbons (Fsp3) is 0.458. The lowest BCUT2D eigenvalue weighted by atomic mass is 10.2. The lowest BCUT2D eigenvalue weighted by Crippen LogP contribution is -1.70. The molecule has 0 aromatic rings. The van der Waals surface area contributed by atoms with Crippen LogP contribution in [0.5, 0.6) is 0 Å². The minimum atomic E-state index is 1.03. The van der Waals surface area contributed by atoms with Crippen LogP contribution in [0.3, 0.4) is 0 Å². The lowest BCUT2D eigenvalue weighted by molar-refractivity contribution is 0.759. The Balaban J connectivity index is 3.46. The van der Waals surface area contributed by atoms with Gasteiger partial charge in [0.2, 0.25) is 0 Å². The Morgan fingerprint density at radius 2 is 0.875 bits per heavy atom. The van der Waals surface area contributed by atoms with E-state index in [4.69, 9.17) is 0 Å². The third kappa shape index (κ3) is 20.4. The Kier molecular flexibility index (Phi) is 20.0. The van der Waals surface area contributed by atoms with E-state index in [1.165, 1.54) is 19.3 Å². The summed E-state index contributed by atoms with van der Waals surface area (Å²) in [5.74, 6) is 0. The summed E-state index contributed by atoms with van der Waals surface area (Å²) in [6.45, 7) is 6.02. The highest BCUT2D eigenvalue weighted by molar-refractivity contribution is 5.01. The van der Waals surface area contributed by atoms with Gasteiger partial charge in [-0.05, 0) is 51.4 Å². The molecule has 0 spiro atoms. The number of rotatable bonds is 15. The van der Waals surface area contributed by atoms with Crippen LogP contribution in [-0.4, -0.2) is 0 Å². The molecule has 0 aromatic carbocycles. The third-order valence-corrected chi connectivity index (χ3v) is 3.47. The van der Waals surface area contributed by atoms with E-state index in [9.17, 15) is 0 Å². The minimum absolute atomic E-state index is 1.03. The van der Waals surface area contributed by atoms with Gasteiger partial charge in [-0.25, -0.2) is 0 Å². The molecule has 24 heavy (non-hydrogen) atoms. The molecule has 0 atom stereocenters. The van der Waals surface area contributed by atoms with Crippen LogP contribution >= 0.6 is 0 Å². The Bertz CT molecular complexity index is 402. The maximum absolute atomic E-state index is 3.85. The van der Waals surface area contributed by atoms with Gasteiger partial charge in [-0.15, -0.1) is 0 Å². The molecule has 0 saturated carbocycles. The monoisotopic (exact) mass is 325 g/mol. The molecular formula is C24H37. The molecule has 0 unspecified atom stereocenters. The van der Waals surface area contributed by atoms with Gasteiger partial charge in [0.15, 0.2) is 0 Å². The molecular weight excluding hydrogens is 288 g/mol. The van der Waals surface area contributed by atoms with Gasteiger partial charge in [-0.3, -0.25) is 0 Å². The van der Waals surface area contributed by atoms with Crippen LogP contribution < -0.4 is 0 Å². The predicted octanol–water partition coefficient (Wildman–Crippen LogP) is 8.08. The normalized spacial score (nSPS) is 13.2. The van der Waals surface area contributed by atoms with Crippen molar-refractivity contribution in [1.82, 2.24) is 0 Å². The number of hydrogen-bond donors (Lipinski definition) is 0. The summed E-state index contributed by atoms with van der Waals surface area (Å²) in [4.78, 5) is 0. The van der Waals surface area contributed by atoms with Crippen LogP contribution in [0, 0.1) is 6.92 Å². The Morgan fingerprint density at radius 3 is 1.25 bits per heavy atom. The Hall–Kier alpha value is -1.56. The summed E-state index contributed by atoms with van der Waals surface area (Å²) >= 11 is 0. The second-order valence-corrected chi connectivity index (χ2v) is 5.76. The van der Waals surface area contributed by atoms with Crippen molar-refractivity contribution in [3.63, 3.8) is 0 Å². The van der Waals surface area contributed by atoms with Crippen LogP contribution in [-0.2, 0) is 0 Å². The summed E-state index contributed by atoms with van der Waals surface area (Å²) in [5.41, 5.74) is 0. The van der Waals surface area contributed by atoms with Crippen molar-refractivity contribution in [2.75, 3.05) is 0 Å². The zero-order valence-electron chi connectivity index (χ0n) is 15.7. The van der Waals surface area contributed by atoms with E-state index in [0.29, 0.717) is 0 Å². The molecule has 0 bridgehead atoms. The van der Waals surface area contributed by atoms with Gasteiger partial charge < -0.3 is 0 Å². The van der Waals surface area contributed by atoms with Gasteiger partial charge in [0.25, 0.3) is 0 Å². The number of unbranched alkanes of at least 4 members (excludes halogenated alkanes) is 3. The van der Waals surface area contributed by atoms with Crippen molar-refractivity contribution in [2.45, 2.75) is 71.1 Å². The molecule has 0 rings (SSSR count). The molecule has 1 radical (unpaired) electrons. The van der Waals surface area contributed by atoms with Crippen LogP contribution in [0.1, 0.15) is 71.1 Å². The van der Waals surface area contributed by atoms with Crippen LogP contribution in [0.15, 0.2) is 72.9 Å². The highest BCUT2D eigenvalue weighted by Gasteiger charge is 1.80. The molecule has 0 heterocycles. The van der Waals surface area contributed by atoms with Crippen molar-refractivity contribution in [2.24, 2.45) is 0 Å². The average Bonchev–Trinajstić information content (AvgIpc) is 2.60. The van der Waals surface area contributed by atoms with Gasteiger partial charge in [0.05, 0.1) is 0 Å². The molecule has 0 aliphatic carbocycles. The molecule has 0 aliphatic heterocycles. The van der Waals surface area contributed by atoms with Gasteiger partial charge in [0.1, 0.15) is 0 Å². The molecule has 0 saturated heterocycles. The van der Waals surface area contributed by atoms with Crippen molar-refractivity contribution in [3.05, 3.63) is 79.8 Å². The molecule has 0 fully saturated rings. The molecule has 0 amide bonds. The van der Waals surface area contributed by atoms with Gasteiger partial charge in [0, 0.05) is 0 Å². The summed E-state index contributed by atoms with van der Waals surface area (Å²) < 4.78 is 0. The SMILES string of the molecule is [CH2]CCCC/C=C\CC=CCC=CCC=CCC=CCC=CCC. The summed E-state index contributed by atoms with van der Waals surface area (Å²) in [5, 5.41) is 0. The van der Waals surface area contributed by atoms with E-state index >= 15 is 0 Å². The molecule has 133 valence electrons. The summed E-state index contributed by atoms with van der Waals surface area (Å²) in [7, 11) is 0. The molecule has 0 aliphatic rings. The Morgan fingerprint density at radius 1 is 0.500 bits per heavy atom. The first-order valence-corrected chi connectivity index (χ1v) is 9.61. The van der Waals surface area contributed by atoms with E-state index in [1.54, 1.807) is 0 Å². The van der Waals surface area contributed by atoms with E-state index in [0.717, 1.165) is 44.9 Å². The quantitative estimate of drug-likeness (QED) is 0.211. The van der Waals surface area contributed by atoms with Crippen LogP contribution in [0.2, 0.25) is 0 Å². The molecule has 0 aromatic heterocycles. The van der Waals surface area contributed by atoms with Crippen molar-refractivity contribution in [1.29, 1.82) is 0 Å². The van der Waals surface area contributed by atoms with E-state index in [-0.39, 0.29) is 0 Å². The highest BCUT2D eigenvalue weighted by Crippen LogP contribution is 2.00. The first-order valence-electron chi connectivity index (χ1n) is 9.61. The zero-order chi connectivity index (χ0) is 17.6. The Labute approximate surface area is 151 Å². The average molecular weight is 326 g/mol. The van der Waals surface area contributed by atoms with Crippen molar-refractivity contribution >= 4 is 0 Å². The van der Waals surface area contributed by atoms with Gasteiger partial charge in [-0.1, -0.05) is 99.6 Å². The van der Waals surface area contributed by atoms with Crippen LogP contribution in [0.4, 0.5) is 0 Å². The second-order valence-electron chi connectivity index (χ2n) is 5.76. The summed E-state index contributed by atoms with van der Waals surface area (Å²) in [6.07, 6.45) is 38.0. The maximum Gasteiger partial charge on any atom is -0.0169 e. The minimum Gasteiger partial charge on any atom is -0.0885 e. The van der Waals surface area contributed by atoms with Gasteiger partial charge in [-0.2, -0.15) is 0 Å². The largest absolute Gasteiger partial charge is 0.0885 e. The fourth-order valence-corrected chi connectivity index (χ4v) is 2.08. The first kappa shape index (κ1) is 22.4. The van der Waals surface area contributed by atoms with Crippen LogP contribution in [0.25, 0.3) is 0 Å². The topological polar surface area (TPSA) is 0 Å². The molecule has 0 heteroatoms. The fourth-order valence-electron chi connectivity index (χ4n) is 2.08. The van der Waals surface area contributed by atoms with Gasteiger partial charge >= 0.3 is 0 Å². The van der Waals surface area contributed by atoms with E-state index < -0.39 is 0 Å². The zero-order valence-corrected chi connectivity index (χ0v) is 15.7. The molecule has 0 nitrogen and oxygen atoms in total. The number of hydrogen-bond acceptors (Lipinski definition) is 0. The van der Waals surface area contributed by atoms with Crippen molar-refractivity contribution in [3.8, 4) is 0 Å². The standard InChI is InChI=1S/C24H37/c1-3-5-7-9-11-13-15-17-19-21-23-24-22-20-18-16-14-12-10-8-6-4-2/h6,8,11-14,17-20,23-24H,1,3-5,7,9-10,15-16,21-22H2,2H3/b8-6?,13-11-,14-12?,19-17?,20-18?,24-23?. The van der Waals surface area contributed by atoms with Crippen molar-refractivity contribution < 1.29 is 0 Å². The first-order chi connectivity index (χ1) is 11.9.